The molecule has 0 saturated heterocycles. The van der Waals surface area contributed by atoms with Gasteiger partial charge in [-0.1, -0.05) is 0 Å². The fourth-order valence-corrected chi connectivity index (χ4v) is 0.682. The third-order valence-electron chi connectivity index (χ3n) is 0.428. The van der Waals surface area contributed by atoms with Crippen molar-refractivity contribution in [2.45, 2.75) is 6.92 Å². The molecule has 0 aliphatic rings. The molecule has 0 aromatic heterocycles. The van der Waals surface area contributed by atoms with Gasteiger partial charge in [-0.15, -0.1) is 9.79 Å². The maximum atomic E-state index is 9.39. The summed E-state index contributed by atoms with van der Waals surface area (Å²) in [6.45, 7) is 2.66. The quantitative estimate of drug-likeness (QED) is 0.465. The Morgan fingerprint density at radius 1 is 1.33 bits per heavy atom. The van der Waals surface area contributed by atoms with E-state index in [-0.39, 0.29) is 0 Å². The molecule has 9 heteroatoms. The highest BCUT2D eigenvalue weighted by Crippen LogP contribution is 2.30. The number of hydroxylamine groups is 1. The molecule has 0 saturated carbocycles. The van der Waals surface area contributed by atoms with E-state index in [1.807, 2.05) is 6.92 Å². The Balaban J connectivity index is 0. The third-order valence-corrected chi connectivity index (χ3v) is 1.55. The fraction of sp³-hybridized carbons (Fsp3) is 1.00. The van der Waals surface area contributed by atoms with Crippen LogP contribution in [0.15, 0.2) is 0 Å². The summed E-state index contributed by atoms with van der Waals surface area (Å²) in [4.78, 5) is 19.9. The predicted octanol–water partition coefficient (Wildman–Crippen LogP) is 0.460. The molecule has 0 heterocycles. The molecule has 0 spiro atoms. The molecule has 7 nitrogen and oxygen atoms in total. The van der Waals surface area contributed by atoms with Gasteiger partial charge in [-0.05, 0) is 6.92 Å². The van der Waals surface area contributed by atoms with Gasteiger partial charge in [0.25, 0.3) is 0 Å². The SMILES string of the molecule is CCONC.O=[P+](O)O[P+](=O)O. The highest BCUT2D eigenvalue weighted by atomic mass is 31.2. The van der Waals surface area contributed by atoms with Gasteiger partial charge in [0.2, 0.25) is 0 Å². The first-order valence-electron chi connectivity index (χ1n) is 2.83. The minimum Gasteiger partial charge on any atom is -0.302 e. The zero-order valence-corrected chi connectivity index (χ0v) is 8.42. The summed E-state index contributed by atoms with van der Waals surface area (Å²) in [5.41, 5.74) is 2.52. The van der Waals surface area contributed by atoms with Crippen LogP contribution in [0.5, 0.6) is 0 Å². The van der Waals surface area contributed by atoms with Crippen molar-refractivity contribution in [2.24, 2.45) is 0 Å². The second-order valence-corrected chi connectivity index (χ2v) is 2.80. The van der Waals surface area contributed by atoms with Crippen LogP contribution in [0.1, 0.15) is 6.92 Å². The summed E-state index contributed by atoms with van der Waals surface area (Å²) >= 11 is 0. The summed E-state index contributed by atoms with van der Waals surface area (Å²) in [5.74, 6) is 0. The topological polar surface area (TPSA) is 105 Å². The Bertz CT molecular complexity index is 127. The van der Waals surface area contributed by atoms with Crippen LogP contribution in [-0.4, -0.2) is 23.4 Å². The van der Waals surface area contributed by atoms with Crippen LogP contribution in [0.4, 0.5) is 0 Å². The molecule has 2 atom stereocenters. The minimum absolute atomic E-state index is 0.733. The molecule has 3 N–H and O–H groups in total. The molecular weight excluding hydrogens is 208 g/mol. The average Bonchev–Trinajstić information content (AvgIpc) is 1.87. The molecule has 0 fully saturated rings. The highest BCUT2D eigenvalue weighted by Gasteiger charge is 2.31. The lowest BCUT2D eigenvalue weighted by atomic mass is 10.9. The standard InChI is InChI=1S/C3H9NO.O5P2/c1-3-5-4-2;1-6(2)5-7(3)4/h4H,3H2,1-2H3;/p+2. The van der Waals surface area contributed by atoms with Crippen molar-refractivity contribution in [3.63, 3.8) is 0 Å². The fourth-order valence-electron chi connectivity index (χ4n) is 0.204. The van der Waals surface area contributed by atoms with Crippen molar-refractivity contribution >= 4 is 16.5 Å². The predicted molar refractivity (Wildman–Crippen MR) is 41.4 cm³/mol. The molecule has 0 aromatic carbocycles. The van der Waals surface area contributed by atoms with E-state index in [2.05, 4.69) is 14.6 Å². The van der Waals surface area contributed by atoms with Gasteiger partial charge >= 0.3 is 16.5 Å². The maximum absolute atomic E-state index is 9.39. The normalized spacial score (nSPS) is 11.3. The van der Waals surface area contributed by atoms with E-state index in [1.54, 1.807) is 7.05 Å². The number of hydrogen-bond acceptors (Lipinski definition) is 5. The van der Waals surface area contributed by atoms with Gasteiger partial charge in [0.15, 0.2) is 4.31 Å². The Hall–Kier alpha value is -0.0000000000000000763. The number of rotatable bonds is 4. The number of nitrogens with one attached hydrogen (secondary N) is 1. The van der Waals surface area contributed by atoms with E-state index in [0.29, 0.717) is 0 Å². The summed E-state index contributed by atoms with van der Waals surface area (Å²) in [7, 11) is -4.11. The van der Waals surface area contributed by atoms with E-state index in [0.717, 1.165) is 6.61 Å². The number of hydrogen-bond donors (Lipinski definition) is 3. The molecule has 2 unspecified atom stereocenters. The summed E-state index contributed by atoms with van der Waals surface area (Å²) < 4.78 is 22.2. The largest absolute Gasteiger partial charge is 0.745 e. The summed E-state index contributed by atoms with van der Waals surface area (Å²) in [5, 5.41) is 0. The molecule has 72 valence electrons. The van der Waals surface area contributed by atoms with E-state index in [1.165, 1.54) is 0 Å². The Kier molecular flexibility index (Phi) is 13.3. The van der Waals surface area contributed by atoms with Gasteiger partial charge in [-0.3, -0.25) is 0 Å². The Morgan fingerprint density at radius 2 is 1.75 bits per heavy atom. The first-order chi connectivity index (χ1) is 5.54. The summed E-state index contributed by atoms with van der Waals surface area (Å²) in [6, 6.07) is 0. The lowest BCUT2D eigenvalue weighted by molar-refractivity contribution is 0.0687. The third kappa shape index (κ3) is 22.5. The first kappa shape index (κ1) is 14.5. The van der Waals surface area contributed by atoms with Crippen LogP contribution in [0.3, 0.4) is 0 Å². The summed E-state index contributed by atoms with van der Waals surface area (Å²) in [6.07, 6.45) is 0. The lowest BCUT2D eigenvalue weighted by Gasteiger charge is -1.88. The van der Waals surface area contributed by atoms with Crippen LogP contribution in [0.25, 0.3) is 0 Å². The van der Waals surface area contributed by atoms with Crippen molar-refractivity contribution in [3.8, 4) is 0 Å². The Labute approximate surface area is 71.6 Å². The second kappa shape index (κ2) is 11.0. The van der Waals surface area contributed by atoms with Gasteiger partial charge in [0.05, 0.1) is 6.61 Å². The maximum Gasteiger partial charge on any atom is 0.745 e. The zero-order valence-electron chi connectivity index (χ0n) is 6.63. The van der Waals surface area contributed by atoms with Crippen LogP contribution in [-0.2, 0) is 18.3 Å². The van der Waals surface area contributed by atoms with Crippen molar-refractivity contribution < 1.29 is 28.1 Å². The van der Waals surface area contributed by atoms with Crippen LogP contribution < -0.4 is 5.48 Å². The molecule has 0 aromatic rings. The van der Waals surface area contributed by atoms with Crippen LogP contribution in [0, 0.1) is 0 Å². The molecule has 0 aliphatic heterocycles. The first-order valence-corrected chi connectivity index (χ1v) is 5.09. The molecule has 0 radical (unpaired) electrons. The average molecular weight is 219 g/mol. The van der Waals surface area contributed by atoms with Crippen molar-refractivity contribution in [1.29, 1.82) is 0 Å². The smallest absolute Gasteiger partial charge is 0.302 e. The zero-order chi connectivity index (χ0) is 9.98. The van der Waals surface area contributed by atoms with Crippen molar-refractivity contribution in [1.82, 2.24) is 5.48 Å². The van der Waals surface area contributed by atoms with Gasteiger partial charge in [-0.25, -0.2) is 5.48 Å². The molecule has 0 amide bonds. The Morgan fingerprint density at radius 3 is 1.75 bits per heavy atom. The molecular formula is C3H11NO6P2+2. The van der Waals surface area contributed by atoms with Crippen molar-refractivity contribution in [2.75, 3.05) is 13.7 Å². The highest BCUT2D eigenvalue weighted by molar-refractivity contribution is 7.46. The molecule has 0 rings (SSSR count). The van der Waals surface area contributed by atoms with Gasteiger partial charge in [-0.2, -0.15) is 0 Å². The van der Waals surface area contributed by atoms with E-state index in [9.17, 15) is 9.13 Å². The molecule has 0 aliphatic carbocycles. The van der Waals surface area contributed by atoms with Crippen molar-refractivity contribution in [3.05, 3.63) is 0 Å². The monoisotopic (exact) mass is 219 g/mol. The van der Waals surface area contributed by atoms with E-state index >= 15 is 0 Å². The van der Waals surface area contributed by atoms with Gasteiger partial charge in [0.1, 0.15) is 0 Å². The molecule has 12 heavy (non-hydrogen) atoms. The second-order valence-electron chi connectivity index (χ2n) is 1.19. The molecule has 0 bridgehead atoms. The van der Waals surface area contributed by atoms with Gasteiger partial charge < -0.3 is 4.84 Å². The van der Waals surface area contributed by atoms with Gasteiger partial charge in [0, 0.05) is 16.2 Å². The van der Waals surface area contributed by atoms with Crippen LogP contribution >= 0.6 is 16.5 Å². The van der Waals surface area contributed by atoms with E-state index in [4.69, 9.17) is 9.79 Å². The van der Waals surface area contributed by atoms with E-state index < -0.39 is 16.5 Å². The lowest BCUT2D eigenvalue weighted by Crippen LogP contribution is -2.05. The van der Waals surface area contributed by atoms with Crippen LogP contribution in [0.2, 0.25) is 0 Å². The minimum atomic E-state index is -2.92.